The Hall–Kier alpha value is -2.30. The molecule has 0 spiro atoms. The second-order valence-corrected chi connectivity index (χ2v) is 6.01. The lowest BCUT2D eigenvalue weighted by Crippen LogP contribution is -2.37. The van der Waals surface area contributed by atoms with Crippen molar-refractivity contribution in [1.29, 1.82) is 0 Å². The Morgan fingerprint density at radius 3 is 2.50 bits per heavy atom. The van der Waals surface area contributed by atoms with Gasteiger partial charge in [0.25, 0.3) is 0 Å². The van der Waals surface area contributed by atoms with Gasteiger partial charge in [0.2, 0.25) is 0 Å². The fourth-order valence-electron chi connectivity index (χ4n) is 2.74. The molecule has 0 unspecified atom stereocenters. The van der Waals surface area contributed by atoms with Crippen molar-refractivity contribution in [3.05, 3.63) is 53.6 Å². The van der Waals surface area contributed by atoms with Gasteiger partial charge in [0.1, 0.15) is 5.75 Å². The van der Waals surface area contributed by atoms with Gasteiger partial charge in [-0.1, -0.05) is 24.3 Å². The molecule has 0 aliphatic heterocycles. The Balaban J connectivity index is 0.00000450. The normalized spacial score (nSPS) is 10.9. The highest BCUT2D eigenvalue weighted by Gasteiger charge is 2.11. The molecule has 9 heteroatoms. The number of aliphatic imine (C=N–C) groups is 1. The summed E-state index contributed by atoms with van der Waals surface area (Å²) >= 11 is 0. The van der Waals surface area contributed by atoms with Crippen molar-refractivity contribution in [2.75, 3.05) is 27.3 Å². The zero-order valence-corrected chi connectivity index (χ0v) is 19.6. The van der Waals surface area contributed by atoms with E-state index in [1.165, 1.54) is 7.11 Å². The molecule has 0 saturated carbocycles. The molecule has 0 aromatic heterocycles. The number of methoxy groups -OCH3 is 1. The second kappa shape index (κ2) is 13.8. The number of nitrogens with zero attached hydrogens (tertiary/aromatic N) is 1. The Morgan fingerprint density at radius 2 is 1.83 bits per heavy atom. The van der Waals surface area contributed by atoms with Crippen LogP contribution in [0.4, 0.5) is 8.78 Å². The maximum absolute atomic E-state index is 12.6. The number of nitrogens with one attached hydrogen (secondary N) is 2. The minimum atomic E-state index is -2.90. The van der Waals surface area contributed by atoms with E-state index in [0.717, 1.165) is 16.9 Å². The number of ether oxygens (including phenoxy) is 3. The van der Waals surface area contributed by atoms with Crippen LogP contribution in [0.5, 0.6) is 17.2 Å². The lowest BCUT2D eigenvalue weighted by Gasteiger charge is -2.15. The highest BCUT2D eigenvalue weighted by molar-refractivity contribution is 14.0. The highest BCUT2D eigenvalue weighted by atomic mass is 127. The van der Waals surface area contributed by atoms with E-state index in [9.17, 15) is 8.78 Å². The average molecular weight is 535 g/mol. The van der Waals surface area contributed by atoms with Gasteiger partial charge in [0.15, 0.2) is 17.5 Å². The van der Waals surface area contributed by atoms with Crippen molar-refractivity contribution in [3.63, 3.8) is 0 Å². The van der Waals surface area contributed by atoms with Gasteiger partial charge in [-0.2, -0.15) is 8.78 Å². The standard InChI is InChI=1S/C21H27F2N3O3.HI/c1-4-28-17-8-6-5-7-16(17)14-26-21(24-2)25-12-11-15-9-10-18(27-3)19(13-15)29-20(22)23;/h5-10,13,20H,4,11-12,14H2,1-3H3,(H2,24,25,26);1H. The smallest absolute Gasteiger partial charge is 0.387 e. The molecular weight excluding hydrogens is 507 g/mol. The zero-order valence-electron chi connectivity index (χ0n) is 17.3. The molecule has 0 aliphatic rings. The number of para-hydroxylation sites is 1. The first-order valence-corrected chi connectivity index (χ1v) is 9.34. The molecule has 166 valence electrons. The van der Waals surface area contributed by atoms with Gasteiger partial charge < -0.3 is 24.8 Å². The van der Waals surface area contributed by atoms with Crippen LogP contribution in [0.25, 0.3) is 0 Å². The van der Waals surface area contributed by atoms with E-state index in [4.69, 9.17) is 9.47 Å². The van der Waals surface area contributed by atoms with Crippen LogP contribution in [0.1, 0.15) is 18.1 Å². The van der Waals surface area contributed by atoms with Gasteiger partial charge in [-0.25, -0.2) is 0 Å². The Kier molecular flexibility index (Phi) is 11.9. The minimum absolute atomic E-state index is 0. The molecule has 6 nitrogen and oxygen atoms in total. The third-order valence-electron chi connectivity index (χ3n) is 4.09. The number of hydrogen-bond acceptors (Lipinski definition) is 4. The molecule has 0 fully saturated rings. The molecule has 0 heterocycles. The first kappa shape index (κ1) is 25.7. The van der Waals surface area contributed by atoms with E-state index in [-0.39, 0.29) is 35.5 Å². The van der Waals surface area contributed by atoms with Crippen LogP contribution >= 0.6 is 24.0 Å². The van der Waals surface area contributed by atoms with Crippen molar-refractivity contribution >= 4 is 29.9 Å². The lowest BCUT2D eigenvalue weighted by atomic mass is 10.1. The van der Waals surface area contributed by atoms with Crippen LogP contribution in [-0.2, 0) is 13.0 Å². The number of hydrogen-bond donors (Lipinski definition) is 2. The molecule has 2 aromatic rings. The summed E-state index contributed by atoms with van der Waals surface area (Å²) in [6.07, 6.45) is 0.597. The lowest BCUT2D eigenvalue weighted by molar-refractivity contribution is -0.0512. The predicted octanol–water partition coefficient (Wildman–Crippen LogP) is 4.22. The van der Waals surface area contributed by atoms with Crippen molar-refractivity contribution in [2.45, 2.75) is 26.5 Å². The summed E-state index contributed by atoms with van der Waals surface area (Å²) in [5.74, 6) is 1.76. The van der Waals surface area contributed by atoms with Crippen LogP contribution in [0.15, 0.2) is 47.5 Å². The molecule has 0 aliphatic carbocycles. The van der Waals surface area contributed by atoms with Crippen LogP contribution in [0.2, 0.25) is 0 Å². The molecule has 2 aromatic carbocycles. The number of guanidine groups is 1. The molecule has 0 atom stereocenters. The summed E-state index contributed by atoms with van der Waals surface area (Å²) in [6, 6.07) is 12.8. The minimum Gasteiger partial charge on any atom is -0.494 e. The molecule has 0 amide bonds. The fraction of sp³-hybridized carbons (Fsp3) is 0.381. The van der Waals surface area contributed by atoms with E-state index >= 15 is 0 Å². The quantitative estimate of drug-likeness (QED) is 0.271. The maximum Gasteiger partial charge on any atom is 0.387 e. The van der Waals surface area contributed by atoms with Crippen LogP contribution in [-0.4, -0.2) is 39.9 Å². The second-order valence-electron chi connectivity index (χ2n) is 6.01. The van der Waals surface area contributed by atoms with Crippen LogP contribution in [0.3, 0.4) is 0 Å². The molecule has 2 rings (SSSR count). The Bertz CT molecular complexity index is 807. The number of halogens is 3. The number of alkyl halides is 2. The summed E-state index contributed by atoms with van der Waals surface area (Å²) in [7, 11) is 3.10. The highest BCUT2D eigenvalue weighted by Crippen LogP contribution is 2.29. The van der Waals surface area contributed by atoms with Gasteiger partial charge >= 0.3 is 6.61 Å². The molecule has 2 N–H and O–H groups in total. The summed E-state index contributed by atoms with van der Waals surface area (Å²) in [6.45, 7) is 0.766. The van der Waals surface area contributed by atoms with Crippen LogP contribution in [0, 0.1) is 0 Å². The van der Waals surface area contributed by atoms with E-state index < -0.39 is 6.61 Å². The first-order valence-electron chi connectivity index (χ1n) is 9.34. The Labute approximate surface area is 193 Å². The van der Waals surface area contributed by atoms with E-state index in [1.807, 2.05) is 37.3 Å². The molecule has 0 radical (unpaired) electrons. The topological polar surface area (TPSA) is 64.1 Å². The predicted molar refractivity (Wildman–Crippen MR) is 125 cm³/mol. The van der Waals surface area contributed by atoms with Crippen molar-refractivity contribution in [3.8, 4) is 17.2 Å². The molecule has 30 heavy (non-hydrogen) atoms. The van der Waals surface area contributed by atoms with Crippen LogP contribution < -0.4 is 24.8 Å². The van der Waals surface area contributed by atoms with Crippen molar-refractivity contribution in [2.24, 2.45) is 4.99 Å². The Morgan fingerprint density at radius 1 is 1.07 bits per heavy atom. The van der Waals surface area contributed by atoms with Crippen molar-refractivity contribution in [1.82, 2.24) is 10.6 Å². The summed E-state index contributed by atoms with van der Waals surface area (Å²) in [5, 5.41) is 6.45. The third kappa shape index (κ3) is 8.21. The van der Waals surface area contributed by atoms with Gasteiger partial charge in [-0.15, -0.1) is 24.0 Å². The maximum atomic E-state index is 12.6. The number of benzene rings is 2. The van der Waals surface area contributed by atoms with Gasteiger partial charge in [0, 0.05) is 25.7 Å². The van der Waals surface area contributed by atoms with E-state index in [0.29, 0.717) is 32.1 Å². The third-order valence-corrected chi connectivity index (χ3v) is 4.09. The zero-order chi connectivity index (χ0) is 21.1. The SMILES string of the molecule is CCOc1ccccc1CNC(=NC)NCCc1ccc(OC)c(OC(F)F)c1.I. The molecule has 0 saturated heterocycles. The number of rotatable bonds is 10. The van der Waals surface area contributed by atoms with E-state index in [1.54, 1.807) is 19.2 Å². The summed E-state index contributed by atoms with van der Waals surface area (Å²) in [4.78, 5) is 4.20. The van der Waals surface area contributed by atoms with Gasteiger partial charge in [0.05, 0.1) is 13.7 Å². The monoisotopic (exact) mass is 535 g/mol. The summed E-state index contributed by atoms with van der Waals surface area (Å²) < 4.78 is 40.3. The van der Waals surface area contributed by atoms with Gasteiger partial charge in [-0.05, 0) is 37.1 Å². The van der Waals surface area contributed by atoms with E-state index in [2.05, 4.69) is 20.4 Å². The molecular formula is C21H28F2IN3O3. The average Bonchev–Trinajstić information content (AvgIpc) is 2.71. The fourth-order valence-corrected chi connectivity index (χ4v) is 2.74. The first-order chi connectivity index (χ1) is 14.1. The largest absolute Gasteiger partial charge is 0.494 e. The summed E-state index contributed by atoms with van der Waals surface area (Å²) in [5.41, 5.74) is 1.87. The van der Waals surface area contributed by atoms with Crippen molar-refractivity contribution < 1.29 is 23.0 Å². The molecule has 0 bridgehead atoms. The van der Waals surface area contributed by atoms with Gasteiger partial charge in [-0.3, -0.25) is 4.99 Å².